The van der Waals surface area contributed by atoms with Crippen LogP contribution in [0.2, 0.25) is 0 Å². The first-order valence-corrected chi connectivity index (χ1v) is 29.9. The molecule has 0 amide bonds. The van der Waals surface area contributed by atoms with Gasteiger partial charge in [-0.15, -0.1) is 0 Å². The molecule has 0 spiro atoms. The summed E-state index contributed by atoms with van der Waals surface area (Å²) in [5, 5.41) is 71.3. The molecule has 1 aromatic heterocycles. The molecule has 0 aliphatic carbocycles. The van der Waals surface area contributed by atoms with Gasteiger partial charge in [0.15, 0.2) is 6.29 Å². The van der Waals surface area contributed by atoms with Crippen LogP contribution in [0.1, 0.15) is 231 Å². The van der Waals surface area contributed by atoms with Gasteiger partial charge in [0.05, 0.1) is 19.3 Å². The molecule has 1 saturated heterocycles. The Labute approximate surface area is 397 Å². The second kappa shape index (κ2) is 37.8. The smallest absolute Gasteiger partial charge is 0.364 e. The van der Waals surface area contributed by atoms with Gasteiger partial charge >= 0.3 is 5.69 Å². The first kappa shape index (κ1) is 60.0. The summed E-state index contributed by atoms with van der Waals surface area (Å²) in [5.74, 6) is 1.43. The number of rotatable bonds is 44. The molecule has 0 bridgehead atoms. The van der Waals surface area contributed by atoms with Crippen molar-refractivity contribution in [2.24, 2.45) is 0 Å². The van der Waals surface area contributed by atoms with Crippen molar-refractivity contribution < 1.29 is 40.1 Å². The molecule has 1 aliphatic rings. The van der Waals surface area contributed by atoms with Gasteiger partial charge < -0.3 is 40.1 Å². The number of aromatic nitrogens is 4. The lowest BCUT2D eigenvalue weighted by molar-refractivity contribution is -0.304. The maximum atomic E-state index is 13.6. The molecule has 14 heteroatoms. The molecular formula is C51H102N4O9S. The number of ether oxygens (including phenoxy) is 2. The molecular weight excluding hydrogens is 845 g/mol. The van der Waals surface area contributed by atoms with E-state index in [1.807, 2.05) is 0 Å². The lowest BCUT2D eigenvalue weighted by Crippen LogP contribution is -2.59. The summed E-state index contributed by atoms with van der Waals surface area (Å²) in [6, 6.07) is -1.18. The number of hydrogen-bond donors (Lipinski definition) is 6. The van der Waals surface area contributed by atoms with Crippen LogP contribution in [-0.2, 0) is 16.0 Å². The van der Waals surface area contributed by atoms with Crippen LogP contribution in [-0.4, -0.2) is 131 Å². The number of hydrogen-bond acceptors (Lipinski definition) is 11. The number of aryl methyl sites for hydroxylation is 1. The minimum atomic E-state index is -1.66. The number of aliphatic hydroxyl groups excluding tert-OH is 6. The zero-order valence-corrected chi connectivity index (χ0v) is 42.9. The molecule has 1 aromatic rings. The summed E-state index contributed by atoms with van der Waals surface area (Å²) in [7, 11) is -0.311. The quantitative estimate of drug-likeness (QED) is 0.0342. The van der Waals surface area contributed by atoms with Crippen LogP contribution in [0.4, 0.5) is 0 Å². The maximum Gasteiger partial charge on any atom is 0.364 e. The van der Waals surface area contributed by atoms with E-state index in [9.17, 15) is 35.4 Å². The number of aliphatic hydroxyl groups is 6. The zero-order valence-electron chi connectivity index (χ0n) is 42.1. The molecule has 1 fully saturated rings. The Morgan fingerprint density at radius 1 is 0.585 bits per heavy atom. The third-order valence-corrected chi connectivity index (χ3v) is 15.0. The van der Waals surface area contributed by atoms with Crippen LogP contribution in [0.3, 0.4) is 0 Å². The number of unbranched alkanes of at least 4 members (excludes halogenated alkanes) is 31. The highest BCUT2D eigenvalue weighted by Gasteiger charge is 2.45. The molecule has 386 valence electrons. The predicted molar refractivity (Wildman–Crippen MR) is 268 cm³/mol. The minimum Gasteiger partial charge on any atom is -0.394 e. The number of nitrogens with zero attached hydrogens (tertiary/aromatic N) is 4. The van der Waals surface area contributed by atoms with Crippen LogP contribution < -0.4 is 5.69 Å². The minimum absolute atomic E-state index is 0.311. The summed E-state index contributed by atoms with van der Waals surface area (Å²) in [4.78, 5) is 13.6. The van der Waals surface area contributed by atoms with E-state index in [0.717, 1.165) is 43.2 Å². The highest BCUT2D eigenvalue weighted by atomic mass is 32.3. The topological polar surface area (TPSA) is 193 Å². The second-order valence-electron chi connectivity index (χ2n) is 20.5. The van der Waals surface area contributed by atoms with Gasteiger partial charge in [0.1, 0.15) is 36.6 Å². The molecule has 5 unspecified atom stereocenters. The van der Waals surface area contributed by atoms with E-state index < -0.39 is 67.9 Å². The van der Waals surface area contributed by atoms with Crippen molar-refractivity contribution in [3.05, 3.63) is 10.5 Å². The van der Waals surface area contributed by atoms with E-state index in [2.05, 4.69) is 36.1 Å². The van der Waals surface area contributed by atoms with E-state index in [-0.39, 0.29) is 10.0 Å². The van der Waals surface area contributed by atoms with E-state index in [4.69, 9.17) is 9.47 Å². The van der Waals surface area contributed by atoms with Crippen molar-refractivity contribution in [1.29, 1.82) is 0 Å². The van der Waals surface area contributed by atoms with Crippen LogP contribution in [0.15, 0.2) is 4.79 Å². The lowest BCUT2D eigenvalue weighted by Gasteiger charge is -2.40. The Morgan fingerprint density at radius 3 is 1.43 bits per heavy atom. The van der Waals surface area contributed by atoms with E-state index in [1.54, 1.807) is 0 Å². The molecule has 1 aliphatic heterocycles. The SMILES string of the molecule is CCCCCCCCCCCCCC[C@@H](O)[C@@H](O)[C@H](COC1OC(CO)C(O)C(O)C1O)n1nnn(CCCCCCCCCCCCCCCCCCCCCCCS(C)(C)C)c1=O. The summed E-state index contributed by atoms with van der Waals surface area (Å²) < 4.78 is 13.5. The fraction of sp³-hybridized carbons (Fsp3) is 0.980. The van der Waals surface area contributed by atoms with Gasteiger partial charge in [-0.1, -0.05) is 206 Å². The average molecular weight is 947 g/mol. The molecule has 65 heavy (non-hydrogen) atoms. The second-order valence-corrected chi connectivity index (χ2v) is 25.1. The van der Waals surface area contributed by atoms with Crippen molar-refractivity contribution >= 4 is 10.0 Å². The summed E-state index contributed by atoms with van der Waals surface area (Å²) >= 11 is 0. The average Bonchev–Trinajstić information content (AvgIpc) is 3.65. The maximum absolute atomic E-state index is 13.6. The summed E-state index contributed by atoms with van der Waals surface area (Å²) in [6.07, 6.45) is 38.9. The van der Waals surface area contributed by atoms with Gasteiger partial charge in [-0.25, -0.2) is 14.8 Å². The van der Waals surface area contributed by atoms with Gasteiger partial charge in [0.25, 0.3) is 0 Å². The normalized spacial score (nSPS) is 20.9. The third kappa shape index (κ3) is 27.6. The van der Waals surface area contributed by atoms with Crippen molar-refractivity contribution in [3.63, 3.8) is 0 Å². The number of tetrazole rings is 1. The van der Waals surface area contributed by atoms with E-state index in [1.165, 1.54) is 177 Å². The van der Waals surface area contributed by atoms with Crippen molar-refractivity contribution in [3.8, 4) is 0 Å². The third-order valence-electron chi connectivity index (χ3n) is 13.5. The van der Waals surface area contributed by atoms with E-state index in [0.29, 0.717) is 19.4 Å². The van der Waals surface area contributed by atoms with Gasteiger partial charge in [0.2, 0.25) is 0 Å². The van der Waals surface area contributed by atoms with Crippen LogP contribution >= 0.6 is 10.0 Å². The molecule has 0 aromatic carbocycles. The fourth-order valence-corrected chi connectivity index (χ4v) is 10.2. The largest absolute Gasteiger partial charge is 0.394 e. The van der Waals surface area contributed by atoms with Crippen LogP contribution in [0.25, 0.3) is 0 Å². The summed E-state index contributed by atoms with van der Waals surface area (Å²) in [6.45, 7) is 1.56. The molecule has 2 rings (SSSR count). The van der Waals surface area contributed by atoms with Gasteiger partial charge in [0, 0.05) is 6.54 Å². The lowest BCUT2D eigenvalue weighted by atomic mass is 9.98. The molecule has 2 heterocycles. The van der Waals surface area contributed by atoms with Crippen molar-refractivity contribution in [2.75, 3.05) is 37.7 Å². The predicted octanol–water partition coefficient (Wildman–Crippen LogP) is 9.50. The molecule has 0 saturated carbocycles. The molecule has 0 radical (unpaired) electrons. The fourth-order valence-electron chi connectivity index (χ4n) is 9.12. The van der Waals surface area contributed by atoms with Gasteiger partial charge in [-0.2, -0.15) is 9.36 Å². The Balaban J connectivity index is 1.66. The van der Waals surface area contributed by atoms with E-state index >= 15 is 0 Å². The first-order chi connectivity index (χ1) is 31.4. The molecule has 8 atom stereocenters. The van der Waals surface area contributed by atoms with Gasteiger partial charge in [-0.3, -0.25) is 0 Å². The Morgan fingerprint density at radius 2 is 1.00 bits per heavy atom. The monoisotopic (exact) mass is 947 g/mol. The summed E-state index contributed by atoms with van der Waals surface area (Å²) in [5.41, 5.74) is -0.548. The van der Waals surface area contributed by atoms with Crippen LogP contribution in [0, 0.1) is 0 Å². The standard InChI is InChI=1S/C51H102N4O9S/c1-5-6-7-8-9-10-11-23-26-29-32-35-38-44(57)46(58)43(42-63-50-49(61)48(60)47(59)45(41-56)64-50)55-51(62)54(52-53-55)39-36-33-30-27-24-21-19-17-15-13-12-14-16-18-20-22-25-28-31-34-37-40-65(2,3)4/h43-50,56-61H,5-42H2,1-4H3/t43-,44+,45?,46-,47?,48?,49?,50?/m0/s1. The molecule has 6 N–H and O–H groups in total. The highest BCUT2D eigenvalue weighted by Crippen LogP contribution is 2.35. The van der Waals surface area contributed by atoms with Crippen molar-refractivity contribution in [2.45, 2.75) is 281 Å². The van der Waals surface area contributed by atoms with Crippen LogP contribution in [0.5, 0.6) is 0 Å². The Kier molecular flexibility index (Phi) is 34.9. The Hall–Kier alpha value is -1.10. The highest BCUT2D eigenvalue weighted by molar-refractivity contribution is 8.32. The first-order valence-electron chi connectivity index (χ1n) is 26.9. The Bertz CT molecular complexity index is 1300. The molecule has 13 nitrogen and oxygen atoms in total. The zero-order chi connectivity index (χ0) is 47.5. The van der Waals surface area contributed by atoms with Gasteiger partial charge in [-0.05, 0) is 54.2 Å². The van der Waals surface area contributed by atoms with Crippen molar-refractivity contribution in [1.82, 2.24) is 19.8 Å².